The van der Waals surface area contributed by atoms with Crippen molar-refractivity contribution in [1.29, 1.82) is 0 Å². The highest BCUT2D eigenvalue weighted by atomic mass is 16.6. The fourth-order valence-corrected chi connectivity index (χ4v) is 5.09. The summed E-state index contributed by atoms with van der Waals surface area (Å²) in [6.45, 7) is -1.03. The molecular weight excluding hydrogens is 520 g/mol. The third-order valence-corrected chi connectivity index (χ3v) is 7.31. The Kier molecular flexibility index (Phi) is 15.5. The summed E-state index contributed by atoms with van der Waals surface area (Å²) in [4.78, 5) is 35.1. The molecule has 0 unspecified atom stereocenters. The summed E-state index contributed by atoms with van der Waals surface area (Å²) in [7, 11) is 0. The minimum absolute atomic E-state index is 0.105. The first kappa shape index (κ1) is 33.4. The van der Waals surface area contributed by atoms with E-state index < -0.39 is 55.5 Å². The van der Waals surface area contributed by atoms with Crippen molar-refractivity contribution in [3.8, 4) is 0 Å². The second-order valence-electron chi connectivity index (χ2n) is 10.4. The Morgan fingerprint density at radius 2 is 1.48 bits per heavy atom. The van der Waals surface area contributed by atoms with Crippen molar-refractivity contribution in [3.63, 3.8) is 0 Å². The molecule has 0 heterocycles. The molecule has 40 heavy (non-hydrogen) atoms. The van der Waals surface area contributed by atoms with E-state index in [1.54, 1.807) is 0 Å². The van der Waals surface area contributed by atoms with Crippen LogP contribution in [0, 0.1) is 11.8 Å². The summed E-state index contributed by atoms with van der Waals surface area (Å²) in [5.41, 5.74) is 1.09. The first-order chi connectivity index (χ1) is 19.2. The van der Waals surface area contributed by atoms with Crippen LogP contribution in [0.3, 0.4) is 0 Å². The monoisotopic (exact) mass is 564 g/mol. The predicted molar refractivity (Wildman–Crippen MR) is 146 cm³/mol. The first-order valence-electron chi connectivity index (χ1n) is 14.1. The molecule has 2 rings (SSSR count). The lowest BCUT2D eigenvalue weighted by atomic mass is 9.85. The fourth-order valence-electron chi connectivity index (χ4n) is 5.09. The number of allylic oxidation sites excluding steroid dienone is 2. The summed E-state index contributed by atoms with van der Waals surface area (Å²) in [5, 5.41) is 48.0. The SMILES string of the molecule is O=C(O)CCCC=CC[C@@H]1[C@@H](CC[C@H](CCc2ccccc2)OC(=O)CCC(=O)OC(CO)CO)[C@H](O)C[C@@H]1O. The zero-order valence-electron chi connectivity index (χ0n) is 23.0. The molecule has 0 amide bonds. The van der Waals surface area contributed by atoms with Crippen LogP contribution in [0.25, 0.3) is 0 Å². The van der Waals surface area contributed by atoms with Gasteiger partial charge >= 0.3 is 17.9 Å². The van der Waals surface area contributed by atoms with Gasteiger partial charge in [0.05, 0.1) is 38.3 Å². The molecule has 1 fully saturated rings. The summed E-state index contributed by atoms with van der Waals surface area (Å²) in [5.74, 6) is -2.44. The smallest absolute Gasteiger partial charge is 0.306 e. The van der Waals surface area contributed by atoms with Crippen molar-refractivity contribution < 1.29 is 49.4 Å². The van der Waals surface area contributed by atoms with E-state index in [-0.39, 0.29) is 37.5 Å². The van der Waals surface area contributed by atoms with Crippen molar-refractivity contribution in [3.05, 3.63) is 48.0 Å². The molecule has 5 N–H and O–H groups in total. The van der Waals surface area contributed by atoms with Gasteiger partial charge in [-0.2, -0.15) is 0 Å². The largest absolute Gasteiger partial charge is 0.481 e. The third-order valence-electron chi connectivity index (χ3n) is 7.31. The number of carbonyl (C=O) groups excluding carboxylic acids is 2. The van der Waals surface area contributed by atoms with E-state index in [9.17, 15) is 24.6 Å². The Bertz CT molecular complexity index is 914. The second-order valence-corrected chi connectivity index (χ2v) is 10.4. The minimum Gasteiger partial charge on any atom is -0.481 e. The van der Waals surface area contributed by atoms with Crippen LogP contribution >= 0.6 is 0 Å². The third kappa shape index (κ3) is 12.6. The Labute approximate surface area is 235 Å². The number of ether oxygens (including phenoxy) is 2. The van der Waals surface area contributed by atoms with Gasteiger partial charge < -0.3 is 35.0 Å². The van der Waals surface area contributed by atoms with Gasteiger partial charge in [0.1, 0.15) is 12.2 Å². The Balaban J connectivity index is 1.94. The predicted octanol–water partition coefficient (Wildman–Crippen LogP) is 2.55. The molecule has 1 aliphatic rings. The molecular formula is C30H44O10. The molecule has 1 aliphatic carbocycles. The zero-order chi connectivity index (χ0) is 29.3. The highest BCUT2D eigenvalue weighted by Gasteiger charge is 2.40. The molecule has 1 aromatic rings. The molecule has 0 radical (unpaired) electrons. The average molecular weight is 565 g/mol. The number of carboxylic acids is 1. The van der Waals surface area contributed by atoms with Gasteiger partial charge in [-0.1, -0.05) is 42.5 Å². The van der Waals surface area contributed by atoms with Crippen LogP contribution in [0.15, 0.2) is 42.5 Å². The van der Waals surface area contributed by atoms with Gasteiger partial charge in [0.2, 0.25) is 0 Å². The van der Waals surface area contributed by atoms with Crippen LogP contribution in [-0.2, 0) is 30.3 Å². The number of aliphatic hydroxyl groups is 4. The molecule has 224 valence electrons. The zero-order valence-corrected chi connectivity index (χ0v) is 23.0. The number of aliphatic carboxylic acids is 1. The van der Waals surface area contributed by atoms with E-state index in [0.29, 0.717) is 44.9 Å². The van der Waals surface area contributed by atoms with Crippen LogP contribution < -0.4 is 0 Å². The van der Waals surface area contributed by atoms with E-state index in [1.807, 2.05) is 42.5 Å². The fraction of sp³-hybridized carbons (Fsp3) is 0.633. The van der Waals surface area contributed by atoms with Gasteiger partial charge in [0, 0.05) is 6.42 Å². The van der Waals surface area contributed by atoms with E-state index in [1.165, 1.54) is 0 Å². The number of unbranched alkanes of at least 4 members (excludes halogenated alkanes) is 1. The summed E-state index contributed by atoms with van der Waals surface area (Å²) >= 11 is 0. The molecule has 0 aromatic heterocycles. The van der Waals surface area contributed by atoms with Crippen LogP contribution in [0.5, 0.6) is 0 Å². The minimum atomic E-state index is -1.03. The molecule has 0 spiro atoms. The molecule has 1 saturated carbocycles. The molecule has 5 atom stereocenters. The van der Waals surface area contributed by atoms with Gasteiger partial charge in [0.25, 0.3) is 0 Å². The van der Waals surface area contributed by atoms with Gasteiger partial charge in [-0.25, -0.2) is 0 Å². The van der Waals surface area contributed by atoms with Crippen LogP contribution in [0.4, 0.5) is 0 Å². The Morgan fingerprint density at radius 3 is 2.10 bits per heavy atom. The van der Waals surface area contributed by atoms with Crippen molar-refractivity contribution >= 4 is 17.9 Å². The highest BCUT2D eigenvalue weighted by Crippen LogP contribution is 2.39. The van der Waals surface area contributed by atoms with E-state index in [4.69, 9.17) is 24.8 Å². The van der Waals surface area contributed by atoms with Gasteiger partial charge in [-0.3, -0.25) is 14.4 Å². The molecule has 1 aromatic carbocycles. The Morgan fingerprint density at radius 1 is 0.850 bits per heavy atom. The number of benzene rings is 1. The van der Waals surface area contributed by atoms with Gasteiger partial charge in [0.15, 0.2) is 0 Å². The normalized spacial score (nSPS) is 21.5. The lowest BCUT2D eigenvalue weighted by molar-refractivity contribution is -0.158. The van der Waals surface area contributed by atoms with Gasteiger partial charge in [-0.05, 0) is 68.8 Å². The van der Waals surface area contributed by atoms with Crippen LogP contribution in [0.2, 0.25) is 0 Å². The standard InChI is InChI=1S/C30H44O10/c31-19-23(20-32)40-30(38)17-16-29(37)39-22(13-12-21-8-4-3-5-9-21)14-15-25-24(26(33)18-27(25)34)10-6-1-2-7-11-28(35)36/h1,3-6,8-9,22-27,31-34H,2,7,10-20H2,(H,35,36)/t22-,24+,25+,26-,27+/m0/s1. The molecule has 0 saturated heterocycles. The number of esters is 2. The topological polar surface area (TPSA) is 171 Å². The maximum Gasteiger partial charge on any atom is 0.306 e. The summed E-state index contributed by atoms with van der Waals surface area (Å²) in [6, 6.07) is 9.77. The molecule has 0 bridgehead atoms. The van der Waals surface area contributed by atoms with Crippen LogP contribution in [-0.4, -0.2) is 81.1 Å². The summed E-state index contributed by atoms with van der Waals surface area (Å²) in [6.07, 6.45) is 4.97. The number of rotatable bonds is 19. The quantitative estimate of drug-likeness (QED) is 0.0955. The lowest BCUT2D eigenvalue weighted by Crippen LogP contribution is -2.27. The van der Waals surface area contributed by atoms with Crippen molar-refractivity contribution in [2.24, 2.45) is 11.8 Å². The summed E-state index contributed by atoms with van der Waals surface area (Å²) < 4.78 is 10.6. The first-order valence-corrected chi connectivity index (χ1v) is 14.1. The average Bonchev–Trinajstić information content (AvgIpc) is 3.21. The molecule has 0 aliphatic heterocycles. The van der Waals surface area contributed by atoms with E-state index in [2.05, 4.69) is 0 Å². The maximum absolute atomic E-state index is 12.6. The second kappa shape index (κ2) is 18.5. The van der Waals surface area contributed by atoms with Crippen molar-refractivity contribution in [2.45, 2.75) is 95.0 Å². The maximum atomic E-state index is 12.6. The van der Waals surface area contributed by atoms with E-state index in [0.717, 1.165) is 5.56 Å². The van der Waals surface area contributed by atoms with Crippen LogP contribution in [0.1, 0.15) is 69.8 Å². The van der Waals surface area contributed by atoms with Crippen molar-refractivity contribution in [1.82, 2.24) is 0 Å². The number of carboxylic acid groups (broad SMARTS) is 1. The molecule has 10 heteroatoms. The van der Waals surface area contributed by atoms with Crippen molar-refractivity contribution in [2.75, 3.05) is 13.2 Å². The number of hydrogen-bond donors (Lipinski definition) is 5. The number of hydrogen-bond acceptors (Lipinski definition) is 9. The molecule has 10 nitrogen and oxygen atoms in total. The number of carbonyl (C=O) groups is 3. The highest BCUT2D eigenvalue weighted by molar-refractivity contribution is 5.77. The van der Waals surface area contributed by atoms with E-state index >= 15 is 0 Å². The number of aryl methyl sites for hydroxylation is 1. The lowest BCUT2D eigenvalue weighted by Gasteiger charge is -2.25. The Hall–Kier alpha value is -2.79. The number of aliphatic hydroxyl groups excluding tert-OH is 4. The van der Waals surface area contributed by atoms with Gasteiger partial charge in [-0.15, -0.1) is 0 Å².